The summed E-state index contributed by atoms with van der Waals surface area (Å²) in [7, 11) is 1.94. The number of nitrogens with zero attached hydrogens (tertiary/aromatic N) is 3. The lowest BCUT2D eigenvalue weighted by Crippen LogP contribution is -2.30. The van der Waals surface area contributed by atoms with E-state index in [2.05, 4.69) is 5.10 Å². The third kappa shape index (κ3) is 3.32. The molecule has 1 aliphatic carbocycles. The van der Waals surface area contributed by atoms with E-state index in [1.807, 2.05) is 18.9 Å². The van der Waals surface area contributed by atoms with Crippen LogP contribution in [0.4, 0.5) is 5.69 Å². The van der Waals surface area contributed by atoms with E-state index in [9.17, 15) is 4.79 Å². The molecule has 1 aromatic heterocycles. The van der Waals surface area contributed by atoms with Crippen LogP contribution in [0.2, 0.25) is 0 Å². The highest BCUT2D eigenvalue weighted by Gasteiger charge is 2.43. The molecule has 0 bridgehead atoms. The van der Waals surface area contributed by atoms with Crippen molar-refractivity contribution in [3.63, 3.8) is 0 Å². The molecule has 0 unspecified atom stereocenters. The minimum Gasteiger partial charge on any atom is -0.393 e. The van der Waals surface area contributed by atoms with Crippen molar-refractivity contribution in [3.05, 3.63) is 22.6 Å². The fourth-order valence-electron chi connectivity index (χ4n) is 2.19. The molecule has 0 radical (unpaired) electrons. The summed E-state index contributed by atoms with van der Waals surface area (Å²) in [4.78, 5) is 14.6. The van der Waals surface area contributed by atoms with Crippen molar-refractivity contribution in [2.75, 3.05) is 18.5 Å². The molecule has 0 aliphatic heterocycles. The van der Waals surface area contributed by atoms with Gasteiger partial charge in [-0.05, 0) is 25.2 Å². The van der Waals surface area contributed by atoms with Crippen LogP contribution < -0.4 is 16.2 Å². The zero-order valence-corrected chi connectivity index (χ0v) is 12.2. The summed E-state index contributed by atoms with van der Waals surface area (Å²) in [6, 6.07) is 1.63. The summed E-state index contributed by atoms with van der Waals surface area (Å²) < 4.78 is 1.53. The summed E-state index contributed by atoms with van der Waals surface area (Å²) in [5, 5.41) is 4.26. The molecule has 2 rings (SSSR count). The zero-order valence-electron chi connectivity index (χ0n) is 11.4. The molecule has 0 aromatic carbocycles. The molecule has 2 N–H and O–H groups in total. The Balaban J connectivity index is 2.14. The molecule has 1 aliphatic rings. The molecule has 1 aromatic rings. The minimum atomic E-state index is -0.0629. The second kappa shape index (κ2) is 5.28. The minimum absolute atomic E-state index is 0.0629. The van der Waals surface area contributed by atoms with Crippen molar-refractivity contribution < 1.29 is 0 Å². The van der Waals surface area contributed by atoms with Crippen LogP contribution in [0.3, 0.4) is 0 Å². The van der Waals surface area contributed by atoms with Crippen LogP contribution in [0.25, 0.3) is 0 Å². The first-order chi connectivity index (χ1) is 8.96. The number of hydrogen-bond donors (Lipinski definition) is 1. The van der Waals surface area contributed by atoms with Gasteiger partial charge in [0, 0.05) is 26.1 Å². The van der Waals surface area contributed by atoms with E-state index < -0.39 is 0 Å². The van der Waals surface area contributed by atoms with Gasteiger partial charge in [0.15, 0.2) is 0 Å². The van der Waals surface area contributed by atoms with Gasteiger partial charge in [0.2, 0.25) is 0 Å². The van der Waals surface area contributed by atoms with Crippen LogP contribution in [-0.4, -0.2) is 28.4 Å². The molecule has 0 amide bonds. The molecule has 0 atom stereocenters. The quantitative estimate of drug-likeness (QED) is 0.792. The molecule has 1 saturated carbocycles. The highest BCUT2D eigenvalue weighted by atomic mass is 32.1. The smallest absolute Gasteiger partial charge is 0.268 e. The first-order valence-electron chi connectivity index (χ1n) is 6.52. The van der Waals surface area contributed by atoms with E-state index in [0.29, 0.717) is 18.0 Å². The largest absolute Gasteiger partial charge is 0.393 e. The summed E-state index contributed by atoms with van der Waals surface area (Å²) in [6.45, 7) is 3.49. The Labute approximate surface area is 118 Å². The lowest BCUT2D eigenvalue weighted by atomic mass is 10.0. The van der Waals surface area contributed by atoms with Crippen molar-refractivity contribution >= 4 is 22.9 Å². The third-order valence-electron chi connectivity index (χ3n) is 3.76. The standard InChI is InChI=1S/C13H20N4OS/c1-3-16(2)10-6-12(18)17(15-8-10)9-13(4-5-13)7-11(14)19/h6,8H,3-5,7,9H2,1-2H3,(H2,14,19). The van der Waals surface area contributed by atoms with Crippen LogP contribution in [0.15, 0.2) is 17.1 Å². The van der Waals surface area contributed by atoms with Gasteiger partial charge in [-0.3, -0.25) is 4.79 Å². The normalized spacial score (nSPS) is 16.1. The molecular weight excluding hydrogens is 260 g/mol. The third-order valence-corrected chi connectivity index (χ3v) is 3.91. The molecule has 19 heavy (non-hydrogen) atoms. The van der Waals surface area contributed by atoms with E-state index in [-0.39, 0.29) is 11.0 Å². The predicted octanol–water partition coefficient (Wildman–Crippen LogP) is 1.16. The van der Waals surface area contributed by atoms with Crippen LogP contribution in [0.1, 0.15) is 26.2 Å². The van der Waals surface area contributed by atoms with Crippen molar-refractivity contribution in [1.82, 2.24) is 9.78 Å². The first-order valence-corrected chi connectivity index (χ1v) is 6.93. The van der Waals surface area contributed by atoms with Gasteiger partial charge < -0.3 is 10.6 Å². The predicted molar refractivity (Wildman–Crippen MR) is 80.5 cm³/mol. The van der Waals surface area contributed by atoms with Crippen molar-refractivity contribution in [1.29, 1.82) is 0 Å². The molecule has 1 heterocycles. The van der Waals surface area contributed by atoms with Gasteiger partial charge in [-0.15, -0.1) is 0 Å². The van der Waals surface area contributed by atoms with Gasteiger partial charge in [-0.25, -0.2) is 4.68 Å². The average molecular weight is 280 g/mol. The average Bonchev–Trinajstić information content (AvgIpc) is 3.09. The highest BCUT2D eigenvalue weighted by molar-refractivity contribution is 7.80. The zero-order chi connectivity index (χ0) is 14.0. The molecule has 104 valence electrons. The second-order valence-corrected chi connectivity index (χ2v) is 5.89. The number of hydrogen-bond acceptors (Lipinski definition) is 4. The SMILES string of the molecule is CCN(C)c1cnn(CC2(CC(N)=S)CC2)c(=O)c1. The van der Waals surface area contributed by atoms with E-state index in [0.717, 1.165) is 25.1 Å². The van der Waals surface area contributed by atoms with Gasteiger partial charge in [0.05, 0.1) is 23.4 Å². The summed E-state index contributed by atoms with van der Waals surface area (Å²) in [5.74, 6) is 0. The lowest BCUT2D eigenvalue weighted by molar-refractivity contribution is 0.397. The Kier molecular flexibility index (Phi) is 3.89. The van der Waals surface area contributed by atoms with Gasteiger partial charge in [0.1, 0.15) is 0 Å². The maximum atomic E-state index is 12.1. The maximum Gasteiger partial charge on any atom is 0.268 e. The van der Waals surface area contributed by atoms with E-state index >= 15 is 0 Å². The summed E-state index contributed by atoms with van der Waals surface area (Å²) in [6.07, 6.45) is 4.57. The fourth-order valence-corrected chi connectivity index (χ4v) is 2.50. The fraction of sp³-hybridized carbons (Fsp3) is 0.615. The van der Waals surface area contributed by atoms with Gasteiger partial charge in [-0.2, -0.15) is 5.10 Å². The summed E-state index contributed by atoms with van der Waals surface area (Å²) in [5.41, 5.74) is 6.47. The van der Waals surface area contributed by atoms with Crippen molar-refractivity contribution in [3.8, 4) is 0 Å². The van der Waals surface area contributed by atoms with Crippen LogP contribution in [0, 0.1) is 5.41 Å². The Morgan fingerprint density at radius 1 is 1.63 bits per heavy atom. The maximum absolute atomic E-state index is 12.1. The Morgan fingerprint density at radius 2 is 2.32 bits per heavy atom. The van der Waals surface area contributed by atoms with E-state index in [1.54, 1.807) is 12.3 Å². The molecule has 0 saturated heterocycles. The number of aromatic nitrogens is 2. The second-order valence-electron chi connectivity index (χ2n) is 5.37. The van der Waals surface area contributed by atoms with Gasteiger partial charge >= 0.3 is 0 Å². The Morgan fingerprint density at radius 3 is 2.79 bits per heavy atom. The van der Waals surface area contributed by atoms with Crippen LogP contribution >= 0.6 is 12.2 Å². The first kappa shape index (κ1) is 14.0. The van der Waals surface area contributed by atoms with Gasteiger partial charge in [0.25, 0.3) is 5.56 Å². The Hall–Kier alpha value is -1.43. The highest BCUT2D eigenvalue weighted by Crippen LogP contribution is 2.49. The van der Waals surface area contributed by atoms with Gasteiger partial charge in [-0.1, -0.05) is 12.2 Å². The topological polar surface area (TPSA) is 64.2 Å². The van der Waals surface area contributed by atoms with Crippen LogP contribution in [-0.2, 0) is 6.54 Å². The molecule has 0 spiro atoms. The number of rotatable bonds is 6. The van der Waals surface area contributed by atoms with Crippen molar-refractivity contribution in [2.24, 2.45) is 11.1 Å². The number of nitrogens with two attached hydrogens (primary N) is 1. The summed E-state index contributed by atoms with van der Waals surface area (Å²) >= 11 is 4.97. The number of thiocarbonyl (C=S) groups is 1. The van der Waals surface area contributed by atoms with Crippen LogP contribution in [0.5, 0.6) is 0 Å². The number of anilines is 1. The Bertz CT molecular complexity index is 536. The van der Waals surface area contributed by atoms with Crippen molar-refractivity contribution in [2.45, 2.75) is 32.7 Å². The van der Waals surface area contributed by atoms with E-state index in [4.69, 9.17) is 18.0 Å². The molecular formula is C13H20N4OS. The molecule has 5 nitrogen and oxygen atoms in total. The monoisotopic (exact) mass is 280 g/mol. The lowest BCUT2D eigenvalue weighted by Gasteiger charge is -2.18. The molecule has 6 heteroatoms. The molecule has 1 fully saturated rings. The van der Waals surface area contributed by atoms with E-state index in [1.165, 1.54) is 4.68 Å².